The molecule has 6 nitrogen and oxygen atoms in total. The van der Waals surface area contributed by atoms with Gasteiger partial charge >= 0.3 is 0 Å². The summed E-state index contributed by atoms with van der Waals surface area (Å²) in [6, 6.07) is 13.6. The third kappa shape index (κ3) is 3.87. The summed E-state index contributed by atoms with van der Waals surface area (Å²) in [7, 11) is 0. The maximum atomic E-state index is 6.35. The Morgan fingerprint density at radius 3 is 2.81 bits per heavy atom. The van der Waals surface area contributed by atoms with E-state index in [1.165, 1.54) is 0 Å². The molecule has 0 spiro atoms. The van der Waals surface area contributed by atoms with Crippen molar-refractivity contribution in [2.24, 2.45) is 0 Å². The summed E-state index contributed by atoms with van der Waals surface area (Å²) >= 11 is 9.78. The average molecular weight is 450 g/mol. The van der Waals surface area contributed by atoms with Gasteiger partial charge in [-0.25, -0.2) is 5.43 Å². The molecule has 2 unspecified atom stereocenters. The smallest absolute Gasteiger partial charge is 0.233 e. The second kappa shape index (κ2) is 7.98. The summed E-state index contributed by atoms with van der Waals surface area (Å²) in [5.41, 5.74) is 8.39. The van der Waals surface area contributed by atoms with Crippen molar-refractivity contribution >= 4 is 27.5 Å². The molecule has 0 aliphatic carbocycles. The van der Waals surface area contributed by atoms with E-state index >= 15 is 0 Å². The van der Waals surface area contributed by atoms with E-state index in [0.29, 0.717) is 35.6 Å². The van der Waals surface area contributed by atoms with E-state index in [0.717, 1.165) is 15.6 Å². The second-order valence-corrected chi connectivity index (χ2v) is 7.52. The van der Waals surface area contributed by atoms with E-state index in [2.05, 4.69) is 36.9 Å². The fourth-order valence-electron chi connectivity index (χ4n) is 3.13. The molecule has 140 valence electrons. The van der Waals surface area contributed by atoms with Crippen LogP contribution in [0, 0.1) is 0 Å². The Morgan fingerprint density at radius 2 is 2.07 bits per heavy atom. The van der Waals surface area contributed by atoms with Gasteiger partial charge in [0.1, 0.15) is 5.75 Å². The van der Waals surface area contributed by atoms with Crippen LogP contribution in [0.1, 0.15) is 30.3 Å². The average Bonchev–Trinajstić information content (AvgIpc) is 3.33. The minimum Gasteiger partial charge on any atom is -0.492 e. The third-order valence-corrected chi connectivity index (χ3v) is 5.28. The van der Waals surface area contributed by atoms with Gasteiger partial charge in [-0.15, -0.1) is 0 Å². The van der Waals surface area contributed by atoms with Gasteiger partial charge in [-0.2, -0.15) is 4.98 Å². The lowest BCUT2D eigenvalue weighted by atomic mass is 9.95. The van der Waals surface area contributed by atoms with Gasteiger partial charge in [0.05, 0.1) is 23.6 Å². The lowest BCUT2D eigenvalue weighted by Crippen LogP contribution is -2.24. The third-order valence-electron chi connectivity index (χ3n) is 4.46. The number of rotatable bonds is 5. The number of nitrogens with zero attached hydrogens (tertiary/aromatic N) is 2. The first-order valence-corrected chi connectivity index (χ1v) is 9.83. The molecule has 0 saturated carbocycles. The minimum absolute atomic E-state index is 0.00397. The molecule has 3 aromatic rings. The standard InChI is InChI=1S/C19H18BrClN4O2/c1-2-26-16-8-5-12(9-15(16)21)17-14(10-22-24-17)19-23-18(25-27-19)11-3-6-13(20)7-4-11/h3-9,14,17,22,24H,2,10H2,1H3. The number of ether oxygens (including phenoxy) is 1. The zero-order valence-electron chi connectivity index (χ0n) is 14.6. The summed E-state index contributed by atoms with van der Waals surface area (Å²) in [6.07, 6.45) is 0. The summed E-state index contributed by atoms with van der Waals surface area (Å²) < 4.78 is 12.1. The first-order chi connectivity index (χ1) is 13.2. The van der Waals surface area contributed by atoms with E-state index in [1.54, 1.807) is 0 Å². The van der Waals surface area contributed by atoms with Crippen LogP contribution >= 0.6 is 27.5 Å². The highest BCUT2D eigenvalue weighted by Crippen LogP contribution is 2.36. The van der Waals surface area contributed by atoms with Crippen LogP contribution in [0.2, 0.25) is 5.02 Å². The number of hydrogen-bond donors (Lipinski definition) is 2. The van der Waals surface area contributed by atoms with Gasteiger partial charge in [-0.05, 0) is 48.9 Å². The molecule has 1 aromatic heterocycles. The molecule has 2 N–H and O–H groups in total. The van der Waals surface area contributed by atoms with E-state index < -0.39 is 0 Å². The molecule has 8 heteroatoms. The summed E-state index contributed by atoms with van der Waals surface area (Å²) in [6.45, 7) is 3.19. The molecule has 2 atom stereocenters. The van der Waals surface area contributed by atoms with Gasteiger partial charge in [0.25, 0.3) is 0 Å². The molecule has 27 heavy (non-hydrogen) atoms. The predicted molar refractivity (Wildman–Crippen MR) is 107 cm³/mol. The molecule has 2 aromatic carbocycles. The van der Waals surface area contributed by atoms with Crippen molar-refractivity contribution in [2.45, 2.75) is 18.9 Å². The quantitative estimate of drug-likeness (QED) is 0.598. The molecule has 2 heterocycles. The van der Waals surface area contributed by atoms with Crippen LogP contribution in [0.5, 0.6) is 5.75 Å². The van der Waals surface area contributed by atoms with Crippen molar-refractivity contribution in [3.63, 3.8) is 0 Å². The van der Waals surface area contributed by atoms with Crippen LogP contribution in [-0.4, -0.2) is 23.3 Å². The van der Waals surface area contributed by atoms with Gasteiger partial charge in [-0.3, -0.25) is 5.43 Å². The fourth-order valence-corrected chi connectivity index (χ4v) is 3.64. The van der Waals surface area contributed by atoms with Crippen molar-refractivity contribution in [1.82, 2.24) is 21.0 Å². The van der Waals surface area contributed by atoms with Crippen LogP contribution in [0.3, 0.4) is 0 Å². The molecule has 1 fully saturated rings. The van der Waals surface area contributed by atoms with E-state index in [-0.39, 0.29) is 12.0 Å². The Bertz CT molecular complexity index is 932. The van der Waals surface area contributed by atoms with Crippen LogP contribution in [0.4, 0.5) is 0 Å². The second-order valence-electron chi connectivity index (χ2n) is 6.20. The maximum absolute atomic E-state index is 6.35. The van der Waals surface area contributed by atoms with Crippen molar-refractivity contribution in [2.75, 3.05) is 13.2 Å². The number of nitrogens with one attached hydrogen (secondary N) is 2. The topological polar surface area (TPSA) is 72.2 Å². The molecule has 1 saturated heterocycles. The lowest BCUT2D eigenvalue weighted by Gasteiger charge is -2.17. The van der Waals surface area contributed by atoms with Gasteiger partial charge in [0, 0.05) is 16.6 Å². The van der Waals surface area contributed by atoms with Crippen molar-refractivity contribution < 1.29 is 9.26 Å². The maximum Gasteiger partial charge on any atom is 0.233 e. The van der Waals surface area contributed by atoms with Crippen LogP contribution < -0.4 is 15.6 Å². The number of benzene rings is 2. The monoisotopic (exact) mass is 448 g/mol. The first-order valence-electron chi connectivity index (χ1n) is 8.66. The number of halogens is 2. The fraction of sp³-hybridized carbons (Fsp3) is 0.263. The van der Waals surface area contributed by atoms with Gasteiger partial charge in [0.2, 0.25) is 11.7 Å². The van der Waals surface area contributed by atoms with Crippen molar-refractivity contribution in [1.29, 1.82) is 0 Å². The molecular weight excluding hydrogens is 432 g/mol. The molecular formula is C19H18BrClN4O2. The molecule has 0 amide bonds. The van der Waals surface area contributed by atoms with Crippen LogP contribution in [-0.2, 0) is 0 Å². The highest BCUT2D eigenvalue weighted by Gasteiger charge is 2.34. The summed E-state index contributed by atoms with van der Waals surface area (Å²) in [4.78, 5) is 4.61. The van der Waals surface area contributed by atoms with Gasteiger partial charge in [0.15, 0.2) is 0 Å². The molecule has 4 rings (SSSR count). The first kappa shape index (κ1) is 18.4. The number of hydrogen-bond acceptors (Lipinski definition) is 6. The Hall–Kier alpha value is -1.93. The van der Waals surface area contributed by atoms with Crippen molar-refractivity contribution in [3.05, 3.63) is 63.4 Å². The van der Waals surface area contributed by atoms with E-state index in [9.17, 15) is 0 Å². The molecule has 0 bridgehead atoms. The van der Waals surface area contributed by atoms with Crippen LogP contribution in [0.25, 0.3) is 11.4 Å². The Kier molecular flexibility index (Phi) is 5.45. The normalized spacial score (nSPS) is 19.4. The highest BCUT2D eigenvalue weighted by atomic mass is 79.9. The van der Waals surface area contributed by atoms with Gasteiger partial charge < -0.3 is 9.26 Å². The van der Waals surface area contributed by atoms with E-state index in [1.807, 2.05) is 49.4 Å². The number of aromatic nitrogens is 2. The Labute approximate surface area is 170 Å². The van der Waals surface area contributed by atoms with E-state index in [4.69, 9.17) is 20.9 Å². The largest absolute Gasteiger partial charge is 0.492 e. The molecule has 1 aliphatic rings. The lowest BCUT2D eigenvalue weighted by molar-refractivity contribution is 0.339. The Balaban J connectivity index is 1.58. The SMILES string of the molecule is CCOc1ccc(C2NNCC2c2nc(-c3ccc(Br)cc3)no2)cc1Cl. The summed E-state index contributed by atoms with van der Waals surface area (Å²) in [5, 5.41) is 4.73. The zero-order chi connectivity index (χ0) is 18.8. The van der Waals surface area contributed by atoms with Crippen LogP contribution in [0.15, 0.2) is 51.5 Å². The zero-order valence-corrected chi connectivity index (χ0v) is 16.9. The van der Waals surface area contributed by atoms with Gasteiger partial charge in [-0.1, -0.05) is 38.8 Å². The minimum atomic E-state index is -0.0311. The molecule has 0 radical (unpaired) electrons. The molecule has 1 aliphatic heterocycles. The predicted octanol–water partition coefficient (Wildman–Crippen LogP) is 4.48. The Morgan fingerprint density at radius 1 is 1.26 bits per heavy atom. The highest BCUT2D eigenvalue weighted by molar-refractivity contribution is 9.10. The summed E-state index contributed by atoms with van der Waals surface area (Å²) in [5.74, 6) is 1.84. The number of hydrazine groups is 1. The van der Waals surface area contributed by atoms with Crippen molar-refractivity contribution in [3.8, 4) is 17.1 Å².